The van der Waals surface area contributed by atoms with Crippen molar-refractivity contribution in [1.29, 1.82) is 0 Å². The van der Waals surface area contributed by atoms with Crippen molar-refractivity contribution in [2.24, 2.45) is 0 Å². The van der Waals surface area contributed by atoms with Crippen LogP contribution in [0.4, 0.5) is 4.39 Å². The summed E-state index contributed by atoms with van der Waals surface area (Å²) in [5.74, 6) is -0.235. The van der Waals surface area contributed by atoms with E-state index in [1.54, 1.807) is 18.5 Å². The zero-order valence-corrected chi connectivity index (χ0v) is 16.6. The predicted octanol–water partition coefficient (Wildman–Crippen LogP) is 4.19. The highest BCUT2D eigenvalue weighted by molar-refractivity contribution is 7.71. The molecular formula is C21H23FN4OS. The van der Waals surface area contributed by atoms with E-state index in [-0.39, 0.29) is 18.0 Å². The van der Waals surface area contributed by atoms with Gasteiger partial charge in [0.2, 0.25) is 0 Å². The average Bonchev–Trinajstić information content (AvgIpc) is 3.09. The van der Waals surface area contributed by atoms with Crippen LogP contribution in [0.5, 0.6) is 0 Å². The number of hydrogen-bond donors (Lipinski definition) is 0. The van der Waals surface area contributed by atoms with Crippen LogP contribution < -0.4 is 0 Å². The Kier molecular flexibility index (Phi) is 5.66. The largest absolute Gasteiger partial charge is 0.371 e. The van der Waals surface area contributed by atoms with Crippen LogP contribution in [0.2, 0.25) is 0 Å². The Morgan fingerprint density at radius 3 is 2.68 bits per heavy atom. The van der Waals surface area contributed by atoms with E-state index in [1.165, 1.54) is 17.7 Å². The molecule has 146 valence electrons. The molecule has 0 spiro atoms. The van der Waals surface area contributed by atoms with E-state index in [4.69, 9.17) is 17.0 Å². The number of aromatic nitrogens is 3. The van der Waals surface area contributed by atoms with Crippen LogP contribution in [-0.4, -0.2) is 38.9 Å². The van der Waals surface area contributed by atoms with E-state index in [2.05, 4.69) is 29.1 Å². The minimum Gasteiger partial charge on any atom is -0.371 e. The van der Waals surface area contributed by atoms with E-state index < -0.39 is 0 Å². The first-order valence-corrected chi connectivity index (χ1v) is 9.81. The molecule has 1 saturated heterocycles. The minimum absolute atomic E-state index is 0.0751. The molecule has 4 rings (SSSR count). The van der Waals surface area contributed by atoms with Gasteiger partial charge in [-0.3, -0.25) is 9.47 Å². The second-order valence-corrected chi connectivity index (χ2v) is 7.40. The standard InChI is InChI=1S/C21H23FN4OS/c1-16(17-5-3-2-4-6-17)25-14-23-26(21(25)28)15-24-11-12-27-20(13-24)18-7-9-19(22)10-8-18/h2-10,14,16,20H,11-13,15H2,1H3. The molecule has 1 aromatic heterocycles. The van der Waals surface area contributed by atoms with E-state index in [9.17, 15) is 4.39 Å². The quantitative estimate of drug-likeness (QED) is 0.604. The van der Waals surface area contributed by atoms with Crippen molar-refractivity contribution >= 4 is 12.2 Å². The van der Waals surface area contributed by atoms with Gasteiger partial charge in [-0.1, -0.05) is 42.5 Å². The van der Waals surface area contributed by atoms with Gasteiger partial charge in [0.15, 0.2) is 4.77 Å². The molecule has 3 aromatic rings. The molecule has 2 aromatic carbocycles. The van der Waals surface area contributed by atoms with Crippen molar-refractivity contribution in [2.45, 2.75) is 25.7 Å². The number of benzene rings is 2. The summed E-state index contributed by atoms with van der Waals surface area (Å²) in [6, 6.07) is 16.9. The Hall–Kier alpha value is -2.35. The van der Waals surface area contributed by atoms with Crippen LogP contribution in [0.3, 0.4) is 0 Å². The summed E-state index contributed by atoms with van der Waals surface area (Å²) in [5, 5.41) is 4.51. The van der Waals surface area contributed by atoms with E-state index in [1.807, 2.05) is 27.4 Å². The van der Waals surface area contributed by atoms with Gasteiger partial charge in [0.1, 0.15) is 12.1 Å². The zero-order valence-electron chi connectivity index (χ0n) is 15.7. The molecule has 0 bridgehead atoms. The molecule has 0 N–H and O–H groups in total. The first kappa shape index (κ1) is 19.0. The number of hydrogen-bond acceptors (Lipinski definition) is 4. The molecule has 0 saturated carbocycles. The normalized spacial score (nSPS) is 18.9. The Morgan fingerprint density at radius 2 is 1.93 bits per heavy atom. The van der Waals surface area contributed by atoms with Crippen LogP contribution in [-0.2, 0) is 11.4 Å². The summed E-state index contributed by atoms with van der Waals surface area (Å²) in [4.78, 5) is 2.26. The Balaban J connectivity index is 1.46. The van der Waals surface area contributed by atoms with E-state index in [0.29, 0.717) is 24.6 Å². The predicted molar refractivity (Wildman–Crippen MR) is 108 cm³/mol. The maximum absolute atomic E-state index is 13.2. The van der Waals surface area contributed by atoms with Crippen molar-refractivity contribution in [1.82, 2.24) is 19.2 Å². The molecule has 0 radical (unpaired) electrons. The van der Waals surface area contributed by atoms with Gasteiger partial charge < -0.3 is 4.74 Å². The van der Waals surface area contributed by atoms with Crippen molar-refractivity contribution in [2.75, 3.05) is 19.7 Å². The smallest absolute Gasteiger partial charge is 0.199 e. The van der Waals surface area contributed by atoms with Crippen LogP contribution in [0.25, 0.3) is 0 Å². The average molecular weight is 399 g/mol. The van der Waals surface area contributed by atoms with Crippen molar-refractivity contribution < 1.29 is 9.13 Å². The Bertz CT molecular complexity index is 970. The first-order valence-electron chi connectivity index (χ1n) is 9.40. The molecule has 28 heavy (non-hydrogen) atoms. The lowest BCUT2D eigenvalue weighted by Crippen LogP contribution is -2.39. The highest BCUT2D eigenvalue weighted by Gasteiger charge is 2.23. The molecule has 2 atom stereocenters. The van der Waals surface area contributed by atoms with Crippen molar-refractivity contribution in [3.63, 3.8) is 0 Å². The topological polar surface area (TPSA) is 35.2 Å². The van der Waals surface area contributed by atoms with Gasteiger partial charge in [-0.15, -0.1) is 0 Å². The second kappa shape index (κ2) is 8.34. The summed E-state index contributed by atoms with van der Waals surface area (Å²) in [6.45, 7) is 4.87. The van der Waals surface area contributed by atoms with Gasteiger partial charge in [-0.25, -0.2) is 9.07 Å². The molecule has 1 fully saturated rings. The third-order valence-electron chi connectivity index (χ3n) is 5.18. The fourth-order valence-electron chi connectivity index (χ4n) is 3.50. The molecule has 2 heterocycles. The molecule has 1 aliphatic rings. The summed E-state index contributed by atoms with van der Waals surface area (Å²) >= 11 is 5.67. The van der Waals surface area contributed by atoms with Gasteiger partial charge in [0.05, 0.1) is 25.4 Å². The maximum atomic E-state index is 13.2. The van der Waals surface area contributed by atoms with Crippen LogP contribution >= 0.6 is 12.2 Å². The third kappa shape index (κ3) is 4.06. The van der Waals surface area contributed by atoms with Crippen molar-refractivity contribution in [3.05, 3.63) is 82.6 Å². The molecule has 0 amide bonds. The van der Waals surface area contributed by atoms with Gasteiger partial charge >= 0.3 is 0 Å². The fraction of sp³-hybridized carbons (Fsp3) is 0.333. The molecule has 0 aliphatic carbocycles. The fourth-order valence-corrected chi connectivity index (χ4v) is 3.81. The lowest BCUT2D eigenvalue weighted by Gasteiger charge is -2.32. The first-order chi connectivity index (χ1) is 13.6. The van der Waals surface area contributed by atoms with Crippen LogP contribution in [0.15, 0.2) is 60.9 Å². The number of halogens is 1. The summed E-state index contributed by atoms with van der Waals surface area (Å²) in [5.41, 5.74) is 2.18. The zero-order chi connectivity index (χ0) is 19.5. The lowest BCUT2D eigenvalue weighted by molar-refractivity contribution is -0.0419. The highest BCUT2D eigenvalue weighted by atomic mass is 32.1. The van der Waals surface area contributed by atoms with Gasteiger partial charge in [0.25, 0.3) is 0 Å². The minimum atomic E-state index is -0.235. The van der Waals surface area contributed by atoms with Crippen molar-refractivity contribution in [3.8, 4) is 0 Å². The molecule has 1 aliphatic heterocycles. The Labute approximate surface area is 169 Å². The second-order valence-electron chi connectivity index (χ2n) is 7.04. The third-order valence-corrected chi connectivity index (χ3v) is 5.60. The lowest BCUT2D eigenvalue weighted by atomic mass is 10.1. The van der Waals surface area contributed by atoms with Gasteiger partial charge in [0, 0.05) is 13.1 Å². The molecule has 5 nitrogen and oxygen atoms in total. The van der Waals surface area contributed by atoms with Crippen LogP contribution in [0.1, 0.15) is 30.2 Å². The summed E-state index contributed by atoms with van der Waals surface area (Å²) < 4.78 is 23.6. The van der Waals surface area contributed by atoms with Gasteiger partial charge in [-0.05, 0) is 42.4 Å². The SMILES string of the molecule is CC(c1ccccc1)n1cnn(CN2CCOC(c3ccc(F)cc3)C2)c1=S. The monoisotopic (exact) mass is 398 g/mol. The summed E-state index contributed by atoms with van der Waals surface area (Å²) in [7, 11) is 0. The van der Waals surface area contributed by atoms with Gasteiger partial charge in [-0.2, -0.15) is 5.10 Å². The molecular weight excluding hydrogens is 375 g/mol. The Morgan fingerprint density at radius 1 is 1.18 bits per heavy atom. The number of ether oxygens (including phenoxy) is 1. The van der Waals surface area contributed by atoms with E-state index in [0.717, 1.165) is 12.1 Å². The molecule has 7 heteroatoms. The molecule has 2 unspecified atom stereocenters. The highest BCUT2D eigenvalue weighted by Crippen LogP contribution is 2.23. The number of morpholine rings is 1. The summed E-state index contributed by atoms with van der Waals surface area (Å²) in [6.07, 6.45) is 1.73. The van der Waals surface area contributed by atoms with E-state index >= 15 is 0 Å². The maximum Gasteiger partial charge on any atom is 0.199 e. The number of nitrogens with zero attached hydrogens (tertiary/aromatic N) is 4. The van der Waals surface area contributed by atoms with Crippen LogP contribution in [0, 0.1) is 10.6 Å². The number of rotatable bonds is 5.